The van der Waals surface area contributed by atoms with Gasteiger partial charge in [-0.25, -0.2) is 0 Å². The van der Waals surface area contributed by atoms with Gasteiger partial charge in [-0.05, 0) is 32.4 Å². The molecule has 17 heavy (non-hydrogen) atoms. The Morgan fingerprint density at radius 2 is 1.59 bits per heavy atom. The number of carbonyl (C=O) groups is 1. The number of likely N-dealkylation sites (tertiary alicyclic amines) is 2. The molecule has 0 unspecified atom stereocenters. The van der Waals surface area contributed by atoms with Gasteiger partial charge in [-0.3, -0.25) is 9.69 Å². The summed E-state index contributed by atoms with van der Waals surface area (Å²) < 4.78 is 0. The summed E-state index contributed by atoms with van der Waals surface area (Å²) in [6.07, 6.45) is 7.08. The number of hydrogen-bond acceptors (Lipinski definition) is 2. The van der Waals surface area contributed by atoms with Gasteiger partial charge >= 0.3 is 0 Å². The van der Waals surface area contributed by atoms with Crippen molar-refractivity contribution < 1.29 is 4.79 Å². The van der Waals surface area contributed by atoms with Crippen molar-refractivity contribution in [3.05, 3.63) is 0 Å². The summed E-state index contributed by atoms with van der Waals surface area (Å²) in [7, 11) is 0. The normalized spacial score (nSPS) is 22.1. The van der Waals surface area contributed by atoms with E-state index in [-0.39, 0.29) is 5.91 Å². The fraction of sp³-hybridized carbons (Fsp3) is 0.786. The van der Waals surface area contributed by atoms with Gasteiger partial charge in [0, 0.05) is 13.0 Å². The molecule has 0 aromatic rings. The van der Waals surface area contributed by atoms with Crippen LogP contribution in [0.1, 0.15) is 38.5 Å². The first-order chi connectivity index (χ1) is 8.36. The van der Waals surface area contributed by atoms with E-state index >= 15 is 0 Å². The van der Waals surface area contributed by atoms with E-state index in [2.05, 4.69) is 16.7 Å². The van der Waals surface area contributed by atoms with Crippen molar-refractivity contribution in [2.45, 2.75) is 38.5 Å². The highest BCUT2D eigenvalue weighted by molar-refractivity contribution is 5.78. The first-order valence-corrected chi connectivity index (χ1v) is 6.82. The molecule has 1 amide bonds. The van der Waals surface area contributed by atoms with Crippen LogP contribution in [0.25, 0.3) is 0 Å². The molecular formula is C14H22N2O. The van der Waals surface area contributed by atoms with E-state index < -0.39 is 0 Å². The third-order valence-corrected chi connectivity index (χ3v) is 3.57. The molecule has 94 valence electrons. The standard InChI is InChI=1S/C14H22N2O/c17-14-8-7-13-16(14)12-6-5-11-15-9-3-1-2-4-10-15/h1-4,7-13H2. The van der Waals surface area contributed by atoms with Crippen molar-refractivity contribution in [1.29, 1.82) is 0 Å². The summed E-state index contributed by atoms with van der Waals surface area (Å²) in [6, 6.07) is 0. The average Bonchev–Trinajstić information content (AvgIpc) is 2.60. The maximum atomic E-state index is 11.4. The van der Waals surface area contributed by atoms with Crippen LogP contribution in [0, 0.1) is 11.8 Å². The Bertz CT molecular complexity index is 308. The Balaban J connectivity index is 1.68. The number of rotatable bonds is 2. The lowest BCUT2D eigenvalue weighted by molar-refractivity contribution is -0.127. The second-order valence-electron chi connectivity index (χ2n) is 4.96. The Kier molecular flexibility index (Phi) is 4.88. The van der Waals surface area contributed by atoms with Crippen molar-refractivity contribution in [1.82, 2.24) is 9.80 Å². The highest BCUT2D eigenvalue weighted by Crippen LogP contribution is 2.09. The number of hydrogen-bond donors (Lipinski definition) is 0. The molecule has 2 saturated heterocycles. The van der Waals surface area contributed by atoms with Gasteiger partial charge in [0.1, 0.15) is 0 Å². The zero-order valence-corrected chi connectivity index (χ0v) is 10.6. The average molecular weight is 234 g/mol. The molecule has 0 atom stereocenters. The molecule has 2 aliphatic heterocycles. The number of carbonyl (C=O) groups excluding carboxylic acids is 1. The monoisotopic (exact) mass is 234 g/mol. The van der Waals surface area contributed by atoms with Gasteiger partial charge in [-0.1, -0.05) is 24.7 Å². The predicted octanol–water partition coefficient (Wildman–Crippen LogP) is 1.49. The van der Waals surface area contributed by atoms with Crippen LogP contribution in [0.5, 0.6) is 0 Å². The zero-order valence-electron chi connectivity index (χ0n) is 10.6. The highest BCUT2D eigenvalue weighted by Gasteiger charge is 2.18. The molecule has 0 aliphatic carbocycles. The summed E-state index contributed by atoms with van der Waals surface area (Å²) in [6.45, 7) is 4.79. The van der Waals surface area contributed by atoms with Crippen LogP contribution in [-0.2, 0) is 4.79 Å². The van der Waals surface area contributed by atoms with Crippen molar-refractivity contribution in [3.63, 3.8) is 0 Å². The Morgan fingerprint density at radius 1 is 0.882 bits per heavy atom. The molecule has 3 heteroatoms. The van der Waals surface area contributed by atoms with Crippen LogP contribution in [-0.4, -0.2) is 48.4 Å². The molecule has 2 rings (SSSR count). The Labute approximate surface area is 104 Å². The van der Waals surface area contributed by atoms with Crippen LogP contribution >= 0.6 is 0 Å². The van der Waals surface area contributed by atoms with E-state index in [1.807, 2.05) is 4.90 Å². The quantitative estimate of drug-likeness (QED) is 0.676. The topological polar surface area (TPSA) is 23.6 Å². The summed E-state index contributed by atoms with van der Waals surface area (Å²) in [5.41, 5.74) is 0. The van der Waals surface area contributed by atoms with Crippen molar-refractivity contribution >= 4 is 5.91 Å². The Hall–Kier alpha value is -1.01. The van der Waals surface area contributed by atoms with Crippen molar-refractivity contribution in [2.24, 2.45) is 0 Å². The molecule has 0 aromatic heterocycles. The minimum Gasteiger partial charge on any atom is -0.332 e. The molecule has 0 spiro atoms. The van der Waals surface area contributed by atoms with Crippen LogP contribution < -0.4 is 0 Å². The molecular weight excluding hydrogens is 212 g/mol. The molecule has 0 radical (unpaired) electrons. The lowest BCUT2D eigenvalue weighted by Crippen LogP contribution is -2.26. The maximum Gasteiger partial charge on any atom is 0.223 e. The molecule has 0 saturated carbocycles. The molecule has 0 bridgehead atoms. The van der Waals surface area contributed by atoms with Crippen LogP contribution in [0.4, 0.5) is 0 Å². The van der Waals surface area contributed by atoms with Crippen LogP contribution in [0.2, 0.25) is 0 Å². The molecule has 3 nitrogen and oxygen atoms in total. The lowest BCUT2D eigenvalue weighted by Gasteiger charge is -2.16. The molecule has 0 aromatic carbocycles. The minimum absolute atomic E-state index is 0.272. The van der Waals surface area contributed by atoms with E-state index in [9.17, 15) is 4.79 Å². The maximum absolute atomic E-state index is 11.4. The molecule has 2 aliphatic rings. The Morgan fingerprint density at radius 3 is 2.24 bits per heavy atom. The van der Waals surface area contributed by atoms with Gasteiger partial charge in [0.2, 0.25) is 5.91 Å². The van der Waals surface area contributed by atoms with Crippen molar-refractivity contribution in [3.8, 4) is 11.8 Å². The summed E-state index contributed by atoms with van der Waals surface area (Å²) >= 11 is 0. The highest BCUT2D eigenvalue weighted by atomic mass is 16.2. The van der Waals surface area contributed by atoms with Gasteiger partial charge in [0.15, 0.2) is 0 Å². The summed E-state index contributed by atoms with van der Waals surface area (Å²) in [5.74, 6) is 6.62. The lowest BCUT2D eigenvalue weighted by atomic mass is 10.2. The van der Waals surface area contributed by atoms with E-state index in [1.165, 1.54) is 38.8 Å². The second-order valence-corrected chi connectivity index (χ2v) is 4.96. The van der Waals surface area contributed by atoms with Gasteiger partial charge in [-0.15, -0.1) is 0 Å². The first kappa shape index (κ1) is 12.4. The molecule has 2 fully saturated rings. The SMILES string of the molecule is O=C1CCCN1CC#CCN1CCCCCC1. The second kappa shape index (κ2) is 6.66. The molecule has 2 heterocycles. The van der Waals surface area contributed by atoms with Crippen LogP contribution in [0.3, 0.4) is 0 Å². The third-order valence-electron chi connectivity index (χ3n) is 3.57. The van der Waals surface area contributed by atoms with Crippen LogP contribution in [0.15, 0.2) is 0 Å². The van der Waals surface area contributed by atoms with E-state index in [1.54, 1.807) is 0 Å². The summed E-state index contributed by atoms with van der Waals surface area (Å²) in [5, 5.41) is 0. The van der Waals surface area contributed by atoms with Gasteiger partial charge in [0.25, 0.3) is 0 Å². The fourth-order valence-electron chi connectivity index (χ4n) is 2.48. The van der Waals surface area contributed by atoms with Crippen molar-refractivity contribution in [2.75, 3.05) is 32.7 Å². The zero-order chi connectivity index (χ0) is 11.9. The first-order valence-electron chi connectivity index (χ1n) is 6.82. The van der Waals surface area contributed by atoms with Gasteiger partial charge in [0.05, 0.1) is 13.1 Å². The minimum atomic E-state index is 0.272. The largest absolute Gasteiger partial charge is 0.332 e. The third kappa shape index (κ3) is 4.05. The number of nitrogens with zero attached hydrogens (tertiary/aromatic N) is 2. The van der Waals surface area contributed by atoms with Gasteiger partial charge in [-0.2, -0.15) is 0 Å². The fourth-order valence-corrected chi connectivity index (χ4v) is 2.48. The predicted molar refractivity (Wildman–Crippen MR) is 68.5 cm³/mol. The van der Waals surface area contributed by atoms with Gasteiger partial charge < -0.3 is 4.90 Å². The number of amides is 1. The van der Waals surface area contributed by atoms with E-state index in [0.29, 0.717) is 13.0 Å². The smallest absolute Gasteiger partial charge is 0.223 e. The summed E-state index contributed by atoms with van der Waals surface area (Å²) in [4.78, 5) is 15.7. The molecule has 0 N–H and O–H groups in total. The van der Waals surface area contributed by atoms with E-state index in [4.69, 9.17) is 0 Å². The van der Waals surface area contributed by atoms with E-state index in [0.717, 1.165) is 19.5 Å².